The highest BCUT2D eigenvalue weighted by molar-refractivity contribution is 7.98. The maximum Gasteiger partial charge on any atom is 0.260 e. The minimum atomic E-state index is -0.562. The van der Waals surface area contributed by atoms with E-state index < -0.39 is 5.91 Å². The van der Waals surface area contributed by atoms with E-state index in [1.54, 1.807) is 7.11 Å². The number of primary amides is 1. The van der Waals surface area contributed by atoms with E-state index in [0.717, 1.165) is 5.56 Å². The number of thiophene rings is 1. The number of carbonyl (C=O) groups is 1. The molecule has 0 atom stereocenters. The summed E-state index contributed by atoms with van der Waals surface area (Å²) in [6.07, 6.45) is 1.89. The number of thioether (sulfide) groups is 1. The molecule has 3 rings (SSSR count). The second-order valence-electron chi connectivity index (χ2n) is 4.68. The van der Waals surface area contributed by atoms with Crippen molar-refractivity contribution in [2.24, 2.45) is 5.73 Å². The number of ether oxygens (including phenoxy) is 1. The summed E-state index contributed by atoms with van der Waals surface area (Å²) < 4.78 is 5.27. The van der Waals surface area contributed by atoms with Gasteiger partial charge in [0.1, 0.15) is 15.5 Å². The highest BCUT2D eigenvalue weighted by atomic mass is 32.2. The first kappa shape index (κ1) is 15.6. The fourth-order valence-corrected chi connectivity index (χ4v) is 3.63. The van der Waals surface area contributed by atoms with Crippen LogP contribution in [0.2, 0.25) is 0 Å². The Hall–Kier alpha value is -2.32. The third-order valence-corrected chi connectivity index (χ3v) is 4.98. The Kier molecular flexibility index (Phi) is 4.10. The number of anilines is 1. The van der Waals surface area contributed by atoms with E-state index in [2.05, 4.69) is 9.97 Å². The van der Waals surface area contributed by atoms with Crippen LogP contribution in [-0.4, -0.2) is 29.2 Å². The lowest BCUT2D eigenvalue weighted by Crippen LogP contribution is -2.10. The summed E-state index contributed by atoms with van der Waals surface area (Å²) in [5.74, 6) is 0.150. The van der Waals surface area contributed by atoms with Gasteiger partial charge in [-0.05, 0) is 18.4 Å². The summed E-state index contributed by atoms with van der Waals surface area (Å²) in [5, 5.41) is 1.25. The van der Waals surface area contributed by atoms with Crippen LogP contribution in [0.3, 0.4) is 0 Å². The molecule has 0 aliphatic heterocycles. The molecule has 0 saturated carbocycles. The van der Waals surface area contributed by atoms with Gasteiger partial charge in [-0.25, -0.2) is 9.97 Å². The first-order chi connectivity index (χ1) is 11.0. The van der Waals surface area contributed by atoms with E-state index in [4.69, 9.17) is 16.2 Å². The van der Waals surface area contributed by atoms with E-state index in [1.165, 1.54) is 23.1 Å². The third-order valence-electron chi connectivity index (χ3n) is 3.32. The molecule has 23 heavy (non-hydrogen) atoms. The molecule has 0 aliphatic rings. The second-order valence-corrected chi connectivity index (χ2v) is 6.45. The number of hydrogen-bond acceptors (Lipinski definition) is 7. The van der Waals surface area contributed by atoms with Crippen LogP contribution < -0.4 is 16.2 Å². The Morgan fingerprint density at radius 2 is 2.13 bits per heavy atom. The normalized spacial score (nSPS) is 10.9. The smallest absolute Gasteiger partial charge is 0.260 e. The number of methoxy groups -OCH3 is 1. The molecule has 2 aromatic heterocycles. The Bertz CT molecular complexity index is 908. The quantitative estimate of drug-likeness (QED) is 0.556. The molecule has 0 saturated heterocycles. The molecule has 118 valence electrons. The lowest BCUT2D eigenvalue weighted by Gasteiger charge is -2.07. The molecule has 0 unspecified atom stereocenters. The maximum atomic E-state index is 11.6. The minimum absolute atomic E-state index is 0.302. The summed E-state index contributed by atoms with van der Waals surface area (Å²) in [6.45, 7) is 0. The van der Waals surface area contributed by atoms with Gasteiger partial charge in [0, 0.05) is 5.56 Å². The van der Waals surface area contributed by atoms with E-state index in [0.29, 0.717) is 37.4 Å². The van der Waals surface area contributed by atoms with Crippen molar-refractivity contribution < 1.29 is 9.53 Å². The van der Waals surface area contributed by atoms with Crippen molar-refractivity contribution >= 4 is 44.9 Å². The largest absolute Gasteiger partial charge is 0.497 e. The van der Waals surface area contributed by atoms with E-state index in [-0.39, 0.29) is 0 Å². The monoisotopic (exact) mass is 346 g/mol. The van der Waals surface area contributed by atoms with Crippen LogP contribution in [0.25, 0.3) is 21.5 Å². The average molecular weight is 346 g/mol. The molecule has 2 heterocycles. The van der Waals surface area contributed by atoms with Crippen molar-refractivity contribution in [1.29, 1.82) is 0 Å². The van der Waals surface area contributed by atoms with E-state index >= 15 is 0 Å². The van der Waals surface area contributed by atoms with Gasteiger partial charge in [0.2, 0.25) is 0 Å². The van der Waals surface area contributed by atoms with E-state index in [1.807, 2.05) is 30.5 Å². The van der Waals surface area contributed by atoms with Crippen LogP contribution in [0.4, 0.5) is 5.69 Å². The van der Waals surface area contributed by atoms with Gasteiger partial charge in [-0.2, -0.15) is 0 Å². The summed E-state index contributed by atoms with van der Waals surface area (Å²) in [7, 11) is 1.60. The topological polar surface area (TPSA) is 104 Å². The van der Waals surface area contributed by atoms with Crippen LogP contribution >= 0.6 is 23.1 Å². The predicted molar refractivity (Wildman–Crippen MR) is 94.1 cm³/mol. The van der Waals surface area contributed by atoms with Crippen LogP contribution in [0, 0.1) is 0 Å². The summed E-state index contributed by atoms with van der Waals surface area (Å²) in [4.78, 5) is 21.5. The van der Waals surface area contributed by atoms with Crippen molar-refractivity contribution in [2.45, 2.75) is 5.16 Å². The molecular weight excluding hydrogens is 332 g/mol. The maximum absolute atomic E-state index is 11.6. The van der Waals surface area contributed by atoms with Crippen molar-refractivity contribution in [3.63, 3.8) is 0 Å². The van der Waals surface area contributed by atoms with Crippen LogP contribution in [-0.2, 0) is 0 Å². The van der Waals surface area contributed by atoms with Gasteiger partial charge in [-0.1, -0.05) is 23.9 Å². The Balaban J connectivity index is 2.35. The highest BCUT2D eigenvalue weighted by Gasteiger charge is 2.20. The fourth-order valence-electron chi connectivity index (χ4n) is 2.26. The van der Waals surface area contributed by atoms with Crippen molar-refractivity contribution in [2.75, 3.05) is 19.1 Å². The Morgan fingerprint density at radius 3 is 2.78 bits per heavy atom. The number of hydrogen-bond donors (Lipinski definition) is 2. The summed E-state index contributed by atoms with van der Waals surface area (Å²) in [5.41, 5.74) is 13.4. The molecular formula is C15H14N4O2S2. The molecule has 0 aliphatic carbocycles. The third kappa shape index (κ3) is 2.71. The molecule has 3 aromatic rings. The fraction of sp³-hybridized carbons (Fsp3) is 0.133. The molecule has 1 aromatic carbocycles. The molecule has 0 spiro atoms. The number of nitrogens with two attached hydrogens (primary N) is 2. The molecule has 0 fully saturated rings. The summed E-state index contributed by atoms with van der Waals surface area (Å²) in [6, 6.07) is 7.50. The predicted octanol–water partition coefficient (Wildman–Crippen LogP) is 2.77. The number of benzene rings is 1. The standard InChI is InChI=1S/C15H14N4O2S2/c1-21-8-5-3-4-7(6-8)11-9-10(16)12(13(17)20)23-14(9)19-15(18-11)22-2/h3-6H,16H2,1-2H3,(H2,17,20). The Morgan fingerprint density at radius 1 is 1.35 bits per heavy atom. The van der Waals surface area contributed by atoms with Crippen LogP contribution in [0.15, 0.2) is 29.4 Å². The lowest BCUT2D eigenvalue weighted by molar-refractivity contribution is 0.100. The summed E-state index contributed by atoms with van der Waals surface area (Å²) >= 11 is 2.61. The second kappa shape index (κ2) is 6.05. The number of rotatable bonds is 4. The lowest BCUT2D eigenvalue weighted by atomic mass is 10.1. The zero-order chi connectivity index (χ0) is 16.6. The SMILES string of the molecule is COc1cccc(-c2nc(SC)nc3sc(C(N)=O)c(N)c23)c1. The first-order valence-corrected chi connectivity index (χ1v) is 8.67. The van der Waals surface area contributed by atoms with E-state index in [9.17, 15) is 4.79 Å². The number of amides is 1. The Labute approximate surface area is 140 Å². The van der Waals surface area contributed by atoms with Gasteiger partial charge in [-0.15, -0.1) is 11.3 Å². The number of nitrogens with zero attached hydrogens (tertiary/aromatic N) is 2. The zero-order valence-electron chi connectivity index (χ0n) is 12.5. The molecule has 0 radical (unpaired) electrons. The molecule has 1 amide bonds. The zero-order valence-corrected chi connectivity index (χ0v) is 14.1. The number of carbonyl (C=O) groups excluding carboxylic acids is 1. The van der Waals surface area contributed by atoms with Gasteiger partial charge in [0.25, 0.3) is 5.91 Å². The average Bonchev–Trinajstić information content (AvgIpc) is 2.91. The van der Waals surface area contributed by atoms with Gasteiger partial charge in [-0.3, -0.25) is 4.79 Å². The molecule has 4 N–H and O–H groups in total. The van der Waals surface area contributed by atoms with Crippen LogP contribution in [0.5, 0.6) is 5.75 Å². The molecule has 6 nitrogen and oxygen atoms in total. The molecule has 0 bridgehead atoms. The van der Waals surface area contributed by atoms with Crippen LogP contribution in [0.1, 0.15) is 9.67 Å². The van der Waals surface area contributed by atoms with Gasteiger partial charge in [0.05, 0.1) is 23.9 Å². The van der Waals surface area contributed by atoms with Gasteiger partial charge < -0.3 is 16.2 Å². The van der Waals surface area contributed by atoms with Gasteiger partial charge in [0.15, 0.2) is 5.16 Å². The first-order valence-electron chi connectivity index (χ1n) is 6.63. The van der Waals surface area contributed by atoms with Crippen molar-refractivity contribution in [3.05, 3.63) is 29.1 Å². The highest BCUT2D eigenvalue weighted by Crippen LogP contribution is 2.39. The van der Waals surface area contributed by atoms with Crippen molar-refractivity contribution in [3.8, 4) is 17.0 Å². The molecule has 8 heteroatoms. The number of fused-ring (bicyclic) bond motifs is 1. The van der Waals surface area contributed by atoms with Crippen molar-refractivity contribution in [1.82, 2.24) is 9.97 Å². The number of aromatic nitrogens is 2. The number of nitrogen functional groups attached to an aromatic ring is 1. The van der Waals surface area contributed by atoms with Gasteiger partial charge >= 0.3 is 0 Å². The minimum Gasteiger partial charge on any atom is -0.497 e.